The van der Waals surface area contributed by atoms with Gasteiger partial charge in [-0.2, -0.15) is 0 Å². The van der Waals surface area contributed by atoms with Crippen LogP contribution in [0.15, 0.2) is 48.5 Å². The van der Waals surface area contributed by atoms with Gasteiger partial charge in [-0.3, -0.25) is 9.59 Å². The summed E-state index contributed by atoms with van der Waals surface area (Å²) in [6.07, 6.45) is 0.528. The van der Waals surface area contributed by atoms with Gasteiger partial charge in [0.2, 0.25) is 5.91 Å². The van der Waals surface area contributed by atoms with Gasteiger partial charge in [0.15, 0.2) is 6.61 Å². The van der Waals surface area contributed by atoms with E-state index in [4.69, 9.17) is 4.74 Å². The molecule has 0 aromatic heterocycles. The van der Waals surface area contributed by atoms with Gasteiger partial charge in [-0.15, -0.1) is 0 Å². The van der Waals surface area contributed by atoms with Gasteiger partial charge in [0.25, 0.3) is 5.91 Å². The van der Waals surface area contributed by atoms with Crippen molar-refractivity contribution in [3.63, 3.8) is 0 Å². The van der Waals surface area contributed by atoms with Gasteiger partial charge in [0, 0.05) is 13.1 Å². The average Bonchev–Trinajstić information content (AvgIpc) is 2.76. The molecule has 2 aromatic rings. The lowest BCUT2D eigenvalue weighted by molar-refractivity contribution is -0.143. The lowest BCUT2D eigenvalue weighted by atomic mass is 9.86. The zero-order valence-corrected chi connectivity index (χ0v) is 21.3. The summed E-state index contributed by atoms with van der Waals surface area (Å²) in [6.45, 7) is 15.2. The number of carbonyl (C=O) groups is 2. The molecular weight excluding hydrogens is 412 g/mol. The van der Waals surface area contributed by atoms with Crippen molar-refractivity contribution < 1.29 is 14.3 Å². The van der Waals surface area contributed by atoms with E-state index in [9.17, 15) is 9.59 Å². The highest BCUT2D eigenvalue weighted by atomic mass is 16.5. The van der Waals surface area contributed by atoms with Crippen molar-refractivity contribution in [1.29, 1.82) is 0 Å². The molecule has 0 bridgehead atoms. The molecule has 1 N–H and O–H groups in total. The first-order valence-electron chi connectivity index (χ1n) is 11.9. The van der Waals surface area contributed by atoms with Crippen LogP contribution in [0.4, 0.5) is 0 Å². The summed E-state index contributed by atoms with van der Waals surface area (Å²) in [6, 6.07) is 15.2. The molecule has 1 atom stereocenters. The van der Waals surface area contributed by atoms with Crippen LogP contribution < -0.4 is 10.1 Å². The zero-order chi connectivity index (χ0) is 24.6. The van der Waals surface area contributed by atoms with E-state index in [-0.39, 0.29) is 23.8 Å². The van der Waals surface area contributed by atoms with E-state index >= 15 is 0 Å². The summed E-state index contributed by atoms with van der Waals surface area (Å²) in [5, 5.41) is 3.00. The van der Waals surface area contributed by atoms with Gasteiger partial charge in [0.1, 0.15) is 11.8 Å². The second-order valence-electron chi connectivity index (χ2n) is 10.0. The molecule has 0 fully saturated rings. The lowest BCUT2D eigenvalue weighted by Gasteiger charge is -2.31. The molecule has 0 heterocycles. The van der Waals surface area contributed by atoms with E-state index in [0.717, 1.165) is 16.7 Å². The number of nitrogens with one attached hydrogen (secondary N) is 1. The third-order valence-electron chi connectivity index (χ3n) is 5.72. The van der Waals surface area contributed by atoms with E-state index in [2.05, 4.69) is 39.9 Å². The SMILES string of the molecule is CC[C@H](C(=O)NCC(C)C)N(Cc1ccccc1C)C(=O)COc1ccccc1C(C)(C)C. The van der Waals surface area contributed by atoms with Gasteiger partial charge >= 0.3 is 0 Å². The monoisotopic (exact) mass is 452 g/mol. The summed E-state index contributed by atoms with van der Waals surface area (Å²) >= 11 is 0. The van der Waals surface area contributed by atoms with Crippen LogP contribution in [0.25, 0.3) is 0 Å². The molecule has 2 aromatic carbocycles. The molecule has 33 heavy (non-hydrogen) atoms. The Morgan fingerprint density at radius 3 is 2.27 bits per heavy atom. The van der Waals surface area contributed by atoms with Crippen LogP contribution in [0, 0.1) is 12.8 Å². The van der Waals surface area contributed by atoms with Gasteiger partial charge in [-0.1, -0.05) is 84.0 Å². The van der Waals surface area contributed by atoms with Crippen LogP contribution in [0.2, 0.25) is 0 Å². The van der Waals surface area contributed by atoms with E-state index in [1.165, 1.54) is 0 Å². The van der Waals surface area contributed by atoms with Crippen molar-refractivity contribution in [1.82, 2.24) is 10.2 Å². The van der Waals surface area contributed by atoms with Gasteiger partial charge in [0.05, 0.1) is 0 Å². The Labute approximate surface area is 199 Å². The van der Waals surface area contributed by atoms with Gasteiger partial charge < -0.3 is 15.0 Å². The topological polar surface area (TPSA) is 58.6 Å². The molecule has 2 rings (SSSR count). The second-order valence-corrected chi connectivity index (χ2v) is 10.0. The van der Waals surface area contributed by atoms with E-state index in [1.807, 2.05) is 62.4 Å². The predicted octanol–water partition coefficient (Wildman–Crippen LogP) is 5.25. The quantitative estimate of drug-likeness (QED) is 0.536. The molecule has 0 aliphatic rings. The first kappa shape index (κ1) is 26.4. The Hall–Kier alpha value is -2.82. The number of benzene rings is 2. The van der Waals surface area contributed by atoms with Crippen LogP contribution in [-0.4, -0.2) is 35.9 Å². The molecule has 0 spiro atoms. The van der Waals surface area contributed by atoms with Crippen molar-refractivity contribution in [3.05, 3.63) is 65.2 Å². The average molecular weight is 453 g/mol. The number of hydrogen-bond donors (Lipinski definition) is 1. The third kappa shape index (κ3) is 7.62. The maximum Gasteiger partial charge on any atom is 0.261 e. The van der Waals surface area contributed by atoms with E-state index in [1.54, 1.807) is 4.90 Å². The third-order valence-corrected chi connectivity index (χ3v) is 5.72. The summed E-state index contributed by atoms with van der Waals surface area (Å²) < 4.78 is 6.02. The number of aryl methyl sites for hydroxylation is 1. The Morgan fingerprint density at radius 1 is 1.03 bits per heavy atom. The Bertz CT molecular complexity index is 931. The molecule has 5 nitrogen and oxygen atoms in total. The van der Waals surface area contributed by atoms with Crippen molar-refractivity contribution in [3.8, 4) is 5.75 Å². The fourth-order valence-corrected chi connectivity index (χ4v) is 3.75. The number of carbonyl (C=O) groups excluding carboxylic acids is 2. The van der Waals surface area contributed by atoms with Crippen LogP contribution in [-0.2, 0) is 21.5 Å². The van der Waals surface area contributed by atoms with Crippen molar-refractivity contribution in [2.75, 3.05) is 13.2 Å². The van der Waals surface area contributed by atoms with Gasteiger partial charge in [-0.25, -0.2) is 0 Å². The fraction of sp³-hybridized carbons (Fsp3) is 0.500. The van der Waals surface area contributed by atoms with Crippen molar-refractivity contribution >= 4 is 11.8 Å². The number of nitrogens with zero attached hydrogens (tertiary/aromatic N) is 1. The van der Waals surface area contributed by atoms with Crippen LogP contribution >= 0.6 is 0 Å². The highest BCUT2D eigenvalue weighted by Crippen LogP contribution is 2.31. The summed E-state index contributed by atoms with van der Waals surface area (Å²) in [4.78, 5) is 28.1. The minimum absolute atomic E-state index is 0.108. The van der Waals surface area contributed by atoms with Crippen LogP contribution in [0.1, 0.15) is 64.7 Å². The smallest absolute Gasteiger partial charge is 0.261 e. The lowest BCUT2D eigenvalue weighted by Crippen LogP contribution is -2.50. The van der Waals surface area contributed by atoms with E-state index in [0.29, 0.717) is 31.2 Å². The number of ether oxygens (including phenoxy) is 1. The summed E-state index contributed by atoms with van der Waals surface area (Å²) in [7, 11) is 0. The Balaban J connectivity index is 2.28. The predicted molar refractivity (Wildman–Crippen MR) is 134 cm³/mol. The molecular formula is C28H40N2O3. The molecule has 5 heteroatoms. The molecule has 0 saturated heterocycles. The summed E-state index contributed by atoms with van der Waals surface area (Å²) in [5.41, 5.74) is 3.05. The molecule has 0 unspecified atom stereocenters. The highest BCUT2D eigenvalue weighted by Gasteiger charge is 2.29. The van der Waals surface area contributed by atoms with Crippen molar-refractivity contribution in [2.45, 2.75) is 72.9 Å². The molecule has 2 amide bonds. The van der Waals surface area contributed by atoms with Gasteiger partial charge in [-0.05, 0) is 47.4 Å². The normalized spacial score (nSPS) is 12.4. The Kier molecular flexibility index (Phi) is 9.51. The minimum atomic E-state index is -0.558. The second kappa shape index (κ2) is 11.9. The summed E-state index contributed by atoms with van der Waals surface area (Å²) in [5.74, 6) is 0.715. The number of rotatable bonds is 10. The molecule has 0 aliphatic heterocycles. The molecule has 0 saturated carbocycles. The number of para-hydroxylation sites is 1. The number of hydrogen-bond acceptors (Lipinski definition) is 3. The maximum atomic E-state index is 13.5. The van der Waals surface area contributed by atoms with E-state index < -0.39 is 6.04 Å². The fourth-order valence-electron chi connectivity index (χ4n) is 3.75. The maximum absolute atomic E-state index is 13.5. The first-order valence-corrected chi connectivity index (χ1v) is 11.9. The van der Waals surface area contributed by atoms with Crippen LogP contribution in [0.3, 0.4) is 0 Å². The molecule has 0 aliphatic carbocycles. The highest BCUT2D eigenvalue weighted by molar-refractivity contribution is 5.88. The van der Waals surface area contributed by atoms with Crippen LogP contribution in [0.5, 0.6) is 5.75 Å². The van der Waals surface area contributed by atoms with Crippen molar-refractivity contribution in [2.24, 2.45) is 5.92 Å². The zero-order valence-electron chi connectivity index (χ0n) is 21.3. The largest absolute Gasteiger partial charge is 0.483 e. The minimum Gasteiger partial charge on any atom is -0.483 e. The number of amides is 2. The standard InChI is InChI=1S/C28H40N2O3/c1-8-24(27(32)29-17-20(2)3)30(18-22-14-10-9-13-21(22)4)26(31)19-33-25-16-12-11-15-23(25)28(5,6)7/h9-16,20,24H,8,17-19H2,1-7H3,(H,29,32)/t24-/m1/s1. The molecule has 180 valence electrons. The Morgan fingerprint density at radius 2 is 1.67 bits per heavy atom. The molecule has 0 radical (unpaired) electrons. The first-order chi connectivity index (χ1) is 15.5.